The van der Waals surface area contributed by atoms with Crippen LogP contribution in [0, 0.1) is 0 Å². The van der Waals surface area contributed by atoms with Crippen molar-refractivity contribution in [2.45, 2.75) is 0 Å². The maximum atomic E-state index is 11.2. The lowest BCUT2D eigenvalue weighted by Crippen LogP contribution is -2.01. The molecule has 1 rings (SSSR count). The standard InChI is InChI=1S/C11H10O5/c1-16-11(15)8-6-7(2-4-9(8)12)3-5-10(13)14/h2-6,12H,1H3,(H,13,14). The summed E-state index contributed by atoms with van der Waals surface area (Å²) in [7, 11) is 1.20. The molecule has 0 heterocycles. The number of benzene rings is 1. The molecule has 0 aliphatic carbocycles. The summed E-state index contributed by atoms with van der Waals surface area (Å²) in [5.41, 5.74) is 0.482. The Kier molecular flexibility index (Phi) is 3.66. The number of aliphatic carboxylic acids is 1. The number of ether oxygens (including phenoxy) is 1. The number of rotatable bonds is 3. The van der Waals surface area contributed by atoms with E-state index in [0.29, 0.717) is 5.56 Å². The average molecular weight is 222 g/mol. The van der Waals surface area contributed by atoms with Crippen molar-refractivity contribution in [3.05, 3.63) is 35.4 Å². The van der Waals surface area contributed by atoms with E-state index in [9.17, 15) is 14.7 Å². The third-order valence-electron chi connectivity index (χ3n) is 1.84. The van der Waals surface area contributed by atoms with Crippen molar-refractivity contribution in [1.82, 2.24) is 0 Å². The summed E-state index contributed by atoms with van der Waals surface area (Å²) < 4.78 is 4.46. The third kappa shape index (κ3) is 2.84. The minimum atomic E-state index is -1.09. The van der Waals surface area contributed by atoms with Crippen molar-refractivity contribution >= 4 is 18.0 Å². The van der Waals surface area contributed by atoms with Crippen molar-refractivity contribution in [3.8, 4) is 5.75 Å². The second kappa shape index (κ2) is 4.97. The van der Waals surface area contributed by atoms with Crippen molar-refractivity contribution in [2.75, 3.05) is 7.11 Å². The lowest BCUT2D eigenvalue weighted by atomic mass is 10.1. The molecule has 5 nitrogen and oxygen atoms in total. The van der Waals surface area contributed by atoms with Gasteiger partial charge in [-0.1, -0.05) is 6.07 Å². The molecule has 0 amide bonds. The molecule has 0 saturated carbocycles. The molecule has 16 heavy (non-hydrogen) atoms. The summed E-state index contributed by atoms with van der Waals surface area (Å²) >= 11 is 0. The molecule has 0 radical (unpaired) electrons. The molecule has 0 aliphatic heterocycles. The zero-order chi connectivity index (χ0) is 12.1. The summed E-state index contributed by atoms with van der Waals surface area (Å²) in [6.07, 6.45) is 2.25. The number of esters is 1. The highest BCUT2D eigenvalue weighted by Gasteiger charge is 2.11. The van der Waals surface area contributed by atoms with Gasteiger partial charge in [0.15, 0.2) is 0 Å². The van der Waals surface area contributed by atoms with Crippen LogP contribution in [0.2, 0.25) is 0 Å². The van der Waals surface area contributed by atoms with Crippen molar-refractivity contribution in [3.63, 3.8) is 0 Å². The first-order chi connectivity index (χ1) is 7.54. The molecule has 0 saturated heterocycles. The molecule has 0 spiro atoms. The minimum absolute atomic E-state index is 0.00459. The van der Waals surface area contributed by atoms with Crippen LogP contribution in [0.25, 0.3) is 6.08 Å². The first-order valence-corrected chi connectivity index (χ1v) is 4.37. The Morgan fingerprint density at radius 1 is 1.38 bits per heavy atom. The van der Waals surface area contributed by atoms with E-state index >= 15 is 0 Å². The number of hydrogen-bond donors (Lipinski definition) is 2. The van der Waals surface area contributed by atoms with Gasteiger partial charge in [-0.3, -0.25) is 0 Å². The number of hydrogen-bond acceptors (Lipinski definition) is 4. The number of methoxy groups -OCH3 is 1. The number of carboxylic acids is 1. The summed E-state index contributed by atoms with van der Waals surface area (Å²) in [5, 5.41) is 17.8. The monoisotopic (exact) mass is 222 g/mol. The molecule has 0 aromatic heterocycles. The summed E-state index contributed by atoms with van der Waals surface area (Å²) in [6.45, 7) is 0. The molecular formula is C11H10O5. The van der Waals surface area contributed by atoms with Gasteiger partial charge in [-0.25, -0.2) is 9.59 Å². The SMILES string of the molecule is COC(=O)c1cc(C=CC(=O)O)ccc1O. The van der Waals surface area contributed by atoms with Gasteiger partial charge in [-0.15, -0.1) is 0 Å². The summed E-state index contributed by atoms with van der Waals surface area (Å²) in [4.78, 5) is 21.5. The van der Waals surface area contributed by atoms with E-state index in [1.807, 2.05) is 0 Å². The van der Waals surface area contributed by atoms with Crippen LogP contribution >= 0.6 is 0 Å². The fraction of sp³-hybridized carbons (Fsp3) is 0.0909. The molecule has 0 atom stereocenters. The normalized spacial score (nSPS) is 10.3. The van der Waals surface area contributed by atoms with Crippen molar-refractivity contribution in [1.29, 1.82) is 0 Å². The second-order valence-electron chi connectivity index (χ2n) is 2.94. The number of phenolic OH excluding ortho intramolecular Hbond substituents is 1. The van der Waals surface area contributed by atoms with Gasteiger partial charge in [0.1, 0.15) is 11.3 Å². The molecule has 0 fully saturated rings. The van der Waals surface area contributed by atoms with Crippen molar-refractivity contribution < 1.29 is 24.5 Å². The zero-order valence-electron chi connectivity index (χ0n) is 8.51. The van der Waals surface area contributed by atoms with Gasteiger partial charge in [-0.05, 0) is 23.8 Å². The van der Waals surface area contributed by atoms with Crippen LogP contribution in [0.4, 0.5) is 0 Å². The van der Waals surface area contributed by atoms with E-state index in [0.717, 1.165) is 6.08 Å². The van der Waals surface area contributed by atoms with Gasteiger partial charge >= 0.3 is 11.9 Å². The van der Waals surface area contributed by atoms with Crippen LogP contribution in [0.3, 0.4) is 0 Å². The second-order valence-corrected chi connectivity index (χ2v) is 2.94. The number of carbonyl (C=O) groups excluding carboxylic acids is 1. The lowest BCUT2D eigenvalue weighted by Gasteiger charge is -2.03. The zero-order valence-corrected chi connectivity index (χ0v) is 8.51. The molecule has 1 aromatic carbocycles. The number of carboxylic acid groups (broad SMARTS) is 1. The van der Waals surface area contributed by atoms with E-state index < -0.39 is 11.9 Å². The van der Waals surface area contributed by atoms with Gasteiger partial charge in [0.2, 0.25) is 0 Å². The predicted octanol–water partition coefficient (Wildman–Crippen LogP) is 1.28. The first-order valence-electron chi connectivity index (χ1n) is 4.37. The molecule has 2 N–H and O–H groups in total. The molecule has 84 valence electrons. The maximum absolute atomic E-state index is 11.2. The van der Waals surface area contributed by atoms with E-state index in [-0.39, 0.29) is 11.3 Å². The van der Waals surface area contributed by atoms with Crippen LogP contribution in [0.15, 0.2) is 24.3 Å². The van der Waals surface area contributed by atoms with Gasteiger partial charge in [0, 0.05) is 6.08 Å². The van der Waals surface area contributed by atoms with Crippen LogP contribution in [0.5, 0.6) is 5.75 Å². The quantitative estimate of drug-likeness (QED) is 0.594. The molecule has 5 heteroatoms. The number of carbonyl (C=O) groups is 2. The van der Waals surface area contributed by atoms with E-state index in [2.05, 4.69) is 4.74 Å². The van der Waals surface area contributed by atoms with Crippen molar-refractivity contribution in [2.24, 2.45) is 0 Å². The van der Waals surface area contributed by atoms with E-state index in [1.54, 1.807) is 0 Å². The Morgan fingerprint density at radius 3 is 2.62 bits per heavy atom. The van der Waals surface area contributed by atoms with Crippen LogP contribution in [-0.2, 0) is 9.53 Å². The predicted molar refractivity (Wildman–Crippen MR) is 56.1 cm³/mol. The Balaban J connectivity index is 3.07. The highest BCUT2D eigenvalue weighted by atomic mass is 16.5. The third-order valence-corrected chi connectivity index (χ3v) is 1.84. The Bertz CT molecular complexity index is 448. The summed E-state index contributed by atoms with van der Waals surface area (Å²) in [6, 6.07) is 4.13. The minimum Gasteiger partial charge on any atom is -0.507 e. The van der Waals surface area contributed by atoms with Gasteiger partial charge < -0.3 is 14.9 Å². The number of aromatic hydroxyl groups is 1. The van der Waals surface area contributed by atoms with E-state index in [1.165, 1.54) is 31.4 Å². The van der Waals surface area contributed by atoms with Gasteiger partial charge in [-0.2, -0.15) is 0 Å². The fourth-order valence-electron chi connectivity index (χ4n) is 1.10. The molecule has 1 aromatic rings. The molecule has 0 unspecified atom stereocenters. The largest absolute Gasteiger partial charge is 0.507 e. The Hall–Kier alpha value is -2.30. The topological polar surface area (TPSA) is 83.8 Å². The lowest BCUT2D eigenvalue weighted by molar-refractivity contribution is -0.131. The summed E-state index contributed by atoms with van der Waals surface area (Å²) in [5.74, 6) is -1.98. The van der Waals surface area contributed by atoms with Crippen LogP contribution < -0.4 is 0 Å². The van der Waals surface area contributed by atoms with E-state index in [4.69, 9.17) is 5.11 Å². The smallest absolute Gasteiger partial charge is 0.341 e. The highest BCUT2D eigenvalue weighted by molar-refractivity contribution is 5.93. The Labute approximate surface area is 91.6 Å². The highest BCUT2D eigenvalue weighted by Crippen LogP contribution is 2.20. The average Bonchev–Trinajstić information content (AvgIpc) is 2.27. The fourth-order valence-corrected chi connectivity index (χ4v) is 1.10. The molecule has 0 aliphatic rings. The molecular weight excluding hydrogens is 212 g/mol. The van der Waals surface area contributed by atoms with Crippen LogP contribution in [0.1, 0.15) is 15.9 Å². The van der Waals surface area contributed by atoms with Gasteiger partial charge in [0.25, 0.3) is 0 Å². The number of phenols is 1. The first kappa shape index (κ1) is 11.8. The Morgan fingerprint density at radius 2 is 2.06 bits per heavy atom. The molecule has 0 bridgehead atoms. The maximum Gasteiger partial charge on any atom is 0.341 e. The van der Waals surface area contributed by atoms with Crippen LogP contribution in [-0.4, -0.2) is 29.3 Å². The van der Waals surface area contributed by atoms with Gasteiger partial charge in [0.05, 0.1) is 7.11 Å².